The predicted molar refractivity (Wildman–Crippen MR) is 88.1 cm³/mol. The molecule has 1 N–H and O–H groups in total. The predicted octanol–water partition coefficient (Wildman–Crippen LogP) is 2.19. The summed E-state index contributed by atoms with van der Waals surface area (Å²) in [4.78, 5) is 23.0. The first-order chi connectivity index (χ1) is 10.8. The van der Waals surface area contributed by atoms with Crippen LogP contribution in [0.1, 0.15) is 42.5 Å². The van der Waals surface area contributed by atoms with Crippen molar-refractivity contribution in [2.45, 2.75) is 43.3 Å². The zero-order valence-corrected chi connectivity index (χ0v) is 13.9. The summed E-state index contributed by atoms with van der Waals surface area (Å²) in [5.41, 5.74) is 0.545. The number of thioether (sulfide) groups is 1. The quantitative estimate of drug-likeness (QED) is 0.666. The van der Waals surface area contributed by atoms with E-state index in [4.69, 9.17) is 0 Å². The molecule has 1 aliphatic carbocycles. The molecule has 0 radical (unpaired) electrons. The maximum atomic E-state index is 12.1. The van der Waals surface area contributed by atoms with E-state index in [0.717, 1.165) is 19.1 Å². The molecule has 1 aromatic heterocycles. The summed E-state index contributed by atoms with van der Waals surface area (Å²) in [6.07, 6.45) is 11.8. The van der Waals surface area contributed by atoms with Crippen molar-refractivity contribution >= 4 is 17.7 Å². The largest absolute Gasteiger partial charge is 0.352 e. The van der Waals surface area contributed by atoms with Crippen LogP contribution in [0, 0.1) is 5.92 Å². The van der Waals surface area contributed by atoms with Gasteiger partial charge in [0.05, 0.1) is 5.56 Å². The van der Waals surface area contributed by atoms with Crippen molar-refractivity contribution in [3.05, 3.63) is 18.0 Å². The molecule has 1 saturated heterocycles. The van der Waals surface area contributed by atoms with E-state index in [9.17, 15) is 4.79 Å². The van der Waals surface area contributed by atoms with Crippen molar-refractivity contribution < 1.29 is 4.79 Å². The lowest BCUT2D eigenvalue weighted by Gasteiger charge is -2.23. The molecule has 6 heteroatoms. The number of carbonyl (C=O) groups excluding carboxylic acids is 1. The topological polar surface area (TPSA) is 58.1 Å². The van der Waals surface area contributed by atoms with Gasteiger partial charge in [0.2, 0.25) is 0 Å². The van der Waals surface area contributed by atoms with Crippen LogP contribution in [0.15, 0.2) is 17.6 Å². The summed E-state index contributed by atoms with van der Waals surface area (Å²) in [6, 6.07) is 0.799. The fourth-order valence-corrected chi connectivity index (χ4v) is 3.82. The normalized spacial score (nSPS) is 23.0. The van der Waals surface area contributed by atoms with Gasteiger partial charge in [-0.1, -0.05) is 24.6 Å². The van der Waals surface area contributed by atoms with E-state index >= 15 is 0 Å². The summed E-state index contributed by atoms with van der Waals surface area (Å²) in [7, 11) is 0. The number of hydrogen-bond acceptors (Lipinski definition) is 5. The van der Waals surface area contributed by atoms with Gasteiger partial charge in [-0.05, 0) is 38.0 Å². The van der Waals surface area contributed by atoms with Crippen LogP contribution < -0.4 is 5.32 Å². The lowest BCUT2D eigenvalue weighted by molar-refractivity contribution is 0.0946. The molecule has 2 fully saturated rings. The molecule has 22 heavy (non-hydrogen) atoms. The molecule has 1 atom stereocenters. The van der Waals surface area contributed by atoms with Gasteiger partial charge in [0.25, 0.3) is 5.91 Å². The smallest absolute Gasteiger partial charge is 0.254 e. The van der Waals surface area contributed by atoms with Crippen molar-refractivity contribution in [3.8, 4) is 0 Å². The number of hydrogen-bond donors (Lipinski definition) is 1. The first-order valence-corrected chi connectivity index (χ1v) is 9.37. The van der Waals surface area contributed by atoms with E-state index in [2.05, 4.69) is 20.2 Å². The van der Waals surface area contributed by atoms with Gasteiger partial charge in [-0.2, -0.15) is 0 Å². The van der Waals surface area contributed by atoms with Crippen LogP contribution in [0.25, 0.3) is 0 Å². The maximum absolute atomic E-state index is 12.1. The molecule has 2 heterocycles. The van der Waals surface area contributed by atoms with Crippen LogP contribution in [-0.4, -0.2) is 52.7 Å². The minimum Gasteiger partial charge on any atom is -0.352 e. The Hall–Kier alpha value is -1.14. The van der Waals surface area contributed by atoms with E-state index in [1.165, 1.54) is 50.4 Å². The average molecular weight is 320 g/mol. The standard InChI is InChI=1S/C16H24N4OS/c1-22-16-18-9-13(10-19-16)15(21)17-8-12-6-7-20(11-12)14-4-2-3-5-14/h9-10,12,14H,2-8,11H2,1H3,(H,17,21)/t12-/m0/s1. The molecule has 1 aromatic rings. The monoisotopic (exact) mass is 320 g/mol. The number of nitrogens with one attached hydrogen (secondary N) is 1. The maximum Gasteiger partial charge on any atom is 0.254 e. The van der Waals surface area contributed by atoms with E-state index in [0.29, 0.717) is 16.6 Å². The van der Waals surface area contributed by atoms with Gasteiger partial charge in [0, 0.05) is 31.5 Å². The Kier molecular flexibility index (Phi) is 5.31. The fraction of sp³-hybridized carbons (Fsp3) is 0.688. The second-order valence-corrected chi connectivity index (χ2v) is 7.03. The van der Waals surface area contributed by atoms with Gasteiger partial charge in [0.15, 0.2) is 5.16 Å². The molecular formula is C16H24N4OS. The Balaban J connectivity index is 1.45. The van der Waals surface area contributed by atoms with Crippen molar-refractivity contribution in [1.82, 2.24) is 20.2 Å². The Morgan fingerprint density at radius 1 is 1.32 bits per heavy atom. The lowest BCUT2D eigenvalue weighted by atomic mass is 10.1. The number of amides is 1. The van der Waals surface area contributed by atoms with Crippen molar-refractivity contribution in [2.75, 3.05) is 25.9 Å². The van der Waals surface area contributed by atoms with Gasteiger partial charge >= 0.3 is 0 Å². The third-order valence-electron chi connectivity index (χ3n) is 4.78. The van der Waals surface area contributed by atoms with Crippen LogP contribution in [0.2, 0.25) is 0 Å². The second-order valence-electron chi connectivity index (χ2n) is 6.26. The van der Waals surface area contributed by atoms with E-state index < -0.39 is 0 Å². The molecule has 120 valence electrons. The lowest BCUT2D eigenvalue weighted by Crippen LogP contribution is -2.34. The van der Waals surface area contributed by atoms with E-state index in [1.807, 2.05) is 6.26 Å². The van der Waals surface area contributed by atoms with Gasteiger partial charge < -0.3 is 10.2 Å². The van der Waals surface area contributed by atoms with Gasteiger partial charge in [0.1, 0.15) is 0 Å². The molecule has 0 bridgehead atoms. The summed E-state index contributed by atoms with van der Waals surface area (Å²) >= 11 is 1.48. The summed E-state index contributed by atoms with van der Waals surface area (Å²) < 4.78 is 0. The van der Waals surface area contributed by atoms with Gasteiger partial charge in [-0.25, -0.2) is 9.97 Å². The van der Waals surface area contributed by atoms with Crippen LogP contribution in [0.4, 0.5) is 0 Å². The first-order valence-electron chi connectivity index (χ1n) is 8.14. The Labute approximate surface area is 136 Å². The highest BCUT2D eigenvalue weighted by Gasteiger charge is 2.29. The summed E-state index contributed by atoms with van der Waals surface area (Å²) in [5, 5.41) is 3.73. The summed E-state index contributed by atoms with van der Waals surface area (Å²) in [5.74, 6) is 0.517. The van der Waals surface area contributed by atoms with Crippen LogP contribution in [0.3, 0.4) is 0 Å². The Morgan fingerprint density at radius 2 is 2.05 bits per heavy atom. The Morgan fingerprint density at radius 3 is 2.73 bits per heavy atom. The molecule has 1 saturated carbocycles. The average Bonchev–Trinajstić information content (AvgIpc) is 3.23. The van der Waals surface area contributed by atoms with Gasteiger partial charge in [-0.15, -0.1) is 0 Å². The van der Waals surface area contributed by atoms with Crippen LogP contribution in [0.5, 0.6) is 0 Å². The Bertz CT molecular complexity index is 501. The van der Waals surface area contributed by atoms with Crippen molar-refractivity contribution in [1.29, 1.82) is 0 Å². The molecule has 5 nitrogen and oxygen atoms in total. The molecular weight excluding hydrogens is 296 g/mol. The van der Waals surface area contributed by atoms with E-state index in [1.54, 1.807) is 12.4 Å². The number of carbonyl (C=O) groups is 1. The van der Waals surface area contributed by atoms with Crippen LogP contribution in [-0.2, 0) is 0 Å². The second kappa shape index (κ2) is 7.42. The number of likely N-dealkylation sites (tertiary alicyclic amines) is 1. The zero-order valence-electron chi connectivity index (χ0n) is 13.1. The molecule has 0 unspecified atom stereocenters. The first kappa shape index (κ1) is 15.7. The van der Waals surface area contributed by atoms with Gasteiger partial charge in [-0.3, -0.25) is 4.79 Å². The fourth-order valence-electron chi connectivity index (χ4n) is 3.51. The highest BCUT2D eigenvalue weighted by atomic mass is 32.2. The molecule has 0 spiro atoms. The van der Waals surface area contributed by atoms with Crippen molar-refractivity contribution in [2.24, 2.45) is 5.92 Å². The molecule has 2 aliphatic rings. The number of rotatable bonds is 5. The molecule has 1 aliphatic heterocycles. The molecule has 0 aromatic carbocycles. The zero-order chi connectivity index (χ0) is 15.4. The highest BCUT2D eigenvalue weighted by Crippen LogP contribution is 2.28. The summed E-state index contributed by atoms with van der Waals surface area (Å²) in [6.45, 7) is 3.08. The third kappa shape index (κ3) is 3.79. The number of nitrogens with zero attached hydrogens (tertiary/aromatic N) is 3. The SMILES string of the molecule is CSc1ncc(C(=O)NC[C@@H]2CCN(C3CCCC3)C2)cn1. The number of aromatic nitrogens is 2. The third-order valence-corrected chi connectivity index (χ3v) is 5.36. The molecule has 3 rings (SSSR count). The van der Waals surface area contributed by atoms with E-state index in [-0.39, 0.29) is 5.91 Å². The van der Waals surface area contributed by atoms with Crippen LogP contribution >= 0.6 is 11.8 Å². The highest BCUT2D eigenvalue weighted by molar-refractivity contribution is 7.98. The minimum atomic E-state index is -0.0630. The molecule has 1 amide bonds. The minimum absolute atomic E-state index is 0.0630. The van der Waals surface area contributed by atoms with Crippen molar-refractivity contribution in [3.63, 3.8) is 0 Å².